The lowest BCUT2D eigenvalue weighted by Crippen LogP contribution is -2.43. The van der Waals surface area contributed by atoms with Crippen molar-refractivity contribution in [3.63, 3.8) is 0 Å². The highest BCUT2D eigenvalue weighted by molar-refractivity contribution is 7.98. The van der Waals surface area contributed by atoms with Gasteiger partial charge >= 0.3 is 0 Å². The maximum atomic E-state index is 9.81. The van der Waals surface area contributed by atoms with Crippen molar-refractivity contribution in [1.82, 2.24) is 5.32 Å². The zero-order valence-electron chi connectivity index (χ0n) is 9.82. The average Bonchev–Trinajstić information content (AvgIpc) is 2.14. The van der Waals surface area contributed by atoms with Crippen LogP contribution in [0.2, 0.25) is 0 Å². The zero-order valence-corrected chi connectivity index (χ0v) is 10.6. The van der Waals surface area contributed by atoms with Crippen LogP contribution in [0.3, 0.4) is 0 Å². The van der Waals surface area contributed by atoms with Crippen LogP contribution in [0, 0.1) is 0 Å². The molecule has 0 aromatic carbocycles. The SMILES string of the molecule is CCOCC(O)CNCC(C)(O)CSC. The first-order chi connectivity index (χ1) is 7.02. The summed E-state index contributed by atoms with van der Waals surface area (Å²) in [5, 5.41) is 22.3. The van der Waals surface area contributed by atoms with Gasteiger partial charge in [0.25, 0.3) is 0 Å². The van der Waals surface area contributed by atoms with Crippen molar-refractivity contribution in [3.8, 4) is 0 Å². The first-order valence-corrected chi connectivity index (χ1v) is 6.59. The molecule has 0 radical (unpaired) electrons. The quantitative estimate of drug-likeness (QED) is 0.530. The van der Waals surface area contributed by atoms with Crippen LogP contribution >= 0.6 is 11.8 Å². The van der Waals surface area contributed by atoms with Gasteiger partial charge < -0.3 is 20.3 Å². The standard InChI is InChI=1S/C10H23NO3S/c1-4-14-6-9(12)5-11-7-10(2,13)8-15-3/h9,11-13H,4-8H2,1-3H3. The summed E-state index contributed by atoms with van der Waals surface area (Å²) in [5.41, 5.74) is -0.718. The topological polar surface area (TPSA) is 61.7 Å². The van der Waals surface area contributed by atoms with E-state index in [2.05, 4.69) is 5.32 Å². The second kappa shape index (κ2) is 8.35. The maximum Gasteiger partial charge on any atom is 0.0897 e. The smallest absolute Gasteiger partial charge is 0.0897 e. The number of hydrogen-bond donors (Lipinski definition) is 3. The van der Waals surface area contributed by atoms with Crippen molar-refractivity contribution in [2.45, 2.75) is 25.6 Å². The predicted octanol–water partition coefficient (Wildman–Crippen LogP) is 0.0874. The summed E-state index contributed by atoms with van der Waals surface area (Å²) in [6, 6.07) is 0. The van der Waals surface area contributed by atoms with Crippen LogP contribution in [0.1, 0.15) is 13.8 Å². The van der Waals surface area contributed by atoms with Crippen LogP contribution < -0.4 is 5.32 Å². The highest BCUT2D eigenvalue weighted by Crippen LogP contribution is 2.08. The van der Waals surface area contributed by atoms with Crippen molar-refractivity contribution in [2.24, 2.45) is 0 Å². The molecule has 0 spiro atoms. The van der Waals surface area contributed by atoms with Gasteiger partial charge in [-0.3, -0.25) is 0 Å². The largest absolute Gasteiger partial charge is 0.389 e. The van der Waals surface area contributed by atoms with Crippen molar-refractivity contribution >= 4 is 11.8 Å². The van der Waals surface area contributed by atoms with Gasteiger partial charge in [0, 0.05) is 25.4 Å². The third-order valence-electron chi connectivity index (χ3n) is 1.86. The van der Waals surface area contributed by atoms with Gasteiger partial charge in [0.15, 0.2) is 0 Å². The van der Waals surface area contributed by atoms with Crippen LogP contribution in [0.4, 0.5) is 0 Å². The third kappa shape index (κ3) is 9.14. The molecule has 3 N–H and O–H groups in total. The molecule has 0 aliphatic carbocycles. The van der Waals surface area contributed by atoms with E-state index >= 15 is 0 Å². The van der Waals surface area contributed by atoms with Crippen molar-refractivity contribution in [3.05, 3.63) is 0 Å². The molecule has 2 unspecified atom stereocenters. The second-order valence-electron chi connectivity index (χ2n) is 3.87. The lowest BCUT2D eigenvalue weighted by atomic mass is 10.1. The first-order valence-electron chi connectivity index (χ1n) is 5.19. The number of thioether (sulfide) groups is 1. The van der Waals surface area contributed by atoms with E-state index in [-0.39, 0.29) is 0 Å². The van der Waals surface area contributed by atoms with Gasteiger partial charge in [0.2, 0.25) is 0 Å². The highest BCUT2D eigenvalue weighted by Gasteiger charge is 2.19. The highest BCUT2D eigenvalue weighted by atomic mass is 32.2. The molecule has 0 aromatic rings. The Balaban J connectivity index is 3.51. The molecule has 0 bridgehead atoms. The Labute approximate surface area is 96.4 Å². The average molecular weight is 237 g/mol. The van der Waals surface area contributed by atoms with Crippen LogP contribution in [-0.4, -0.2) is 60.2 Å². The molecule has 0 aliphatic rings. The molecule has 2 atom stereocenters. The van der Waals surface area contributed by atoms with Gasteiger partial charge in [-0.05, 0) is 20.1 Å². The van der Waals surface area contributed by atoms with E-state index in [1.165, 1.54) is 0 Å². The zero-order chi connectivity index (χ0) is 11.7. The third-order valence-corrected chi connectivity index (χ3v) is 2.77. The summed E-state index contributed by atoms with van der Waals surface area (Å²) in [5.74, 6) is 0.682. The minimum Gasteiger partial charge on any atom is -0.389 e. The normalized spacial score (nSPS) is 17.4. The van der Waals surface area contributed by atoms with E-state index in [0.717, 1.165) is 0 Å². The van der Waals surface area contributed by atoms with E-state index in [4.69, 9.17) is 4.74 Å². The minimum absolute atomic E-state index is 0.341. The number of aliphatic hydroxyl groups excluding tert-OH is 1. The Bertz CT molecular complexity index is 156. The van der Waals surface area contributed by atoms with Gasteiger partial charge in [-0.2, -0.15) is 11.8 Å². The lowest BCUT2D eigenvalue weighted by Gasteiger charge is -2.23. The summed E-state index contributed by atoms with van der Waals surface area (Å²) in [6.45, 7) is 5.56. The van der Waals surface area contributed by atoms with Gasteiger partial charge in [0.1, 0.15) is 0 Å². The fourth-order valence-corrected chi connectivity index (χ4v) is 1.91. The van der Waals surface area contributed by atoms with Crippen LogP contribution in [0.5, 0.6) is 0 Å². The molecule has 5 heteroatoms. The molecular weight excluding hydrogens is 214 g/mol. The first kappa shape index (κ1) is 15.2. The Morgan fingerprint density at radius 2 is 2.20 bits per heavy atom. The molecule has 4 nitrogen and oxygen atoms in total. The Morgan fingerprint density at radius 3 is 2.73 bits per heavy atom. The monoisotopic (exact) mass is 237 g/mol. The molecule has 15 heavy (non-hydrogen) atoms. The minimum atomic E-state index is -0.718. The Hall–Kier alpha value is 0.190. The molecule has 0 heterocycles. The predicted molar refractivity (Wildman–Crippen MR) is 64.4 cm³/mol. The number of ether oxygens (including phenoxy) is 1. The van der Waals surface area contributed by atoms with E-state index in [9.17, 15) is 10.2 Å². The van der Waals surface area contributed by atoms with Gasteiger partial charge in [-0.1, -0.05) is 0 Å². The summed E-state index contributed by atoms with van der Waals surface area (Å²) >= 11 is 1.60. The molecule has 0 rings (SSSR count). The van der Waals surface area contributed by atoms with Crippen molar-refractivity contribution in [2.75, 3.05) is 38.3 Å². The van der Waals surface area contributed by atoms with Crippen LogP contribution in [0.25, 0.3) is 0 Å². The number of rotatable bonds is 9. The van der Waals surface area contributed by atoms with E-state index in [0.29, 0.717) is 32.1 Å². The van der Waals surface area contributed by atoms with Crippen LogP contribution in [-0.2, 0) is 4.74 Å². The van der Waals surface area contributed by atoms with E-state index in [1.807, 2.05) is 13.2 Å². The number of hydrogen-bond acceptors (Lipinski definition) is 5. The number of aliphatic hydroxyl groups is 2. The summed E-state index contributed by atoms with van der Waals surface area (Å²) < 4.78 is 5.07. The number of nitrogens with one attached hydrogen (secondary N) is 1. The molecule has 0 aliphatic heterocycles. The van der Waals surface area contributed by atoms with Crippen LogP contribution in [0.15, 0.2) is 0 Å². The molecule has 0 saturated carbocycles. The summed E-state index contributed by atoms with van der Waals surface area (Å²) in [4.78, 5) is 0. The fourth-order valence-electron chi connectivity index (χ4n) is 1.18. The summed E-state index contributed by atoms with van der Waals surface area (Å²) in [6.07, 6.45) is 1.45. The molecule has 0 aromatic heterocycles. The molecule has 0 saturated heterocycles. The van der Waals surface area contributed by atoms with E-state index < -0.39 is 11.7 Å². The van der Waals surface area contributed by atoms with Gasteiger partial charge in [-0.15, -0.1) is 0 Å². The van der Waals surface area contributed by atoms with Crippen molar-refractivity contribution < 1.29 is 14.9 Å². The molecular formula is C10H23NO3S. The lowest BCUT2D eigenvalue weighted by molar-refractivity contribution is 0.0357. The second-order valence-corrected chi connectivity index (χ2v) is 4.74. The van der Waals surface area contributed by atoms with Crippen molar-refractivity contribution in [1.29, 1.82) is 0 Å². The van der Waals surface area contributed by atoms with E-state index in [1.54, 1.807) is 18.7 Å². The van der Waals surface area contributed by atoms with Gasteiger partial charge in [-0.25, -0.2) is 0 Å². The Morgan fingerprint density at radius 1 is 1.53 bits per heavy atom. The maximum absolute atomic E-state index is 9.81. The molecule has 0 amide bonds. The summed E-state index contributed by atoms with van der Waals surface area (Å²) in [7, 11) is 0. The molecule has 92 valence electrons. The van der Waals surface area contributed by atoms with Gasteiger partial charge in [0.05, 0.1) is 18.3 Å². The fraction of sp³-hybridized carbons (Fsp3) is 1.00. The molecule has 0 fully saturated rings. The Kier molecular flexibility index (Phi) is 8.46.